The normalized spacial score (nSPS) is 21.1. The summed E-state index contributed by atoms with van der Waals surface area (Å²) >= 11 is 3.75. The maximum atomic E-state index is 5.71. The molecule has 0 fully saturated rings. The fraction of sp³-hybridized carbons (Fsp3) is 0.647. The van der Waals surface area contributed by atoms with Crippen LogP contribution in [-0.4, -0.2) is 13.2 Å². The summed E-state index contributed by atoms with van der Waals surface area (Å²) in [4.78, 5) is 0. The Labute approximate surface area is 131 Å². The highest BCUT2D eigenvalue weighted by atomic mass is 79.9. The molecule has 20 heavy (non-hydrogen) atoms. The van der Waals surface area contributed by atoms with Gasteiger partial charge in [0, 0.05) is 10.5 Å². The highest BCUT2D eigenvalue weighted by Crippen LogP contribution is 2.42. The molecule has 1 atom stereocenters. The monoisotopic (exact) mass is 339 g/mol. The van der Waals surface area contributed by atoms with E-state index in [2.05, 4.69) is 54.2 Å². The minimum Gasteiger partial charge on any atom is -0.494 e. The molecule has 0 heterocycles. The van der Waals surface area contributed by atoms with Crippen molar-refractivity contribution in [2.45, 2.75) is 53.0 Å². The van der Waals surface area contributed by atoms with E-state index in [-0.39, 0.29) is 0 Å². The van der Waals surface area contributed by atoms with E-state index < -0.39 is 0 Å². The largest absolute Gasteiger partial charge is 0.494 e. The second-order valence-electron chi connectivity index (χ2n) is 6.38. The van der Waals surface area contributed by atoms with Crippen LogP contribution in [0.25, 0.3) is 0 Å². The molecule has 3 heteroatoms. The summed E-state index contributed by atoms with van der Waals surface area (Å²) in [6.07, 6.45) is 3.54. The van der Waals surface area contributed by atoms with Gasteiger partial charge in [-0.05, 0) is 61.4 Å². The molecule has 0 spiro atoms. The van der Waals surface area contributed by atoms with Gasteiger partial charge in [-0.15, -0.1) is 0 Å². The van der Waals surface area contributed by atoms with Gasteiger partial charge in [0.05, 0.1) is 6.61 Å². The van der Waals surface area contributed by atoms with Crippen molar-refractivity contribution in [1.82, 2.24) is 5.32 Å². The molecule has 1 aromatic rings. The minimum absolute atomic E-state index is 0.372. The Morgan fingerprint density at radius 3 is 2.75 bits per heavy atom. The van der Waals surface area contributed by atoms with Gasteiger partial charge < -0.3 is 10.1 Å². The Balaban J connectivity index is 2.44. The molecule has 1 aromatic carbocycles. The molecular formula is C17H26BrNO. The van der Waals surface area contributed by atoms with E-state index in [1.54, 1.807) is 0 Å². The molecule has 0 saturated heterocycles. The molecular weight excluding hydrogens is 314 g/mol. The maximum absolute atomic E-state index is 5.71. The van der Waals surface area contributed by atoms with Gasteiger partial charge in [-0.2, -0.15) is 0 Å². The molecule has 2 nitrogen and oxygen atoms in total. The Morgan fingerprint density at radius 1 is 1.35 bits per heavy atom. The zero-order valence-corrected chi connectivity index (χ0v) is 14.6. The van der Waals surface area contributed by atoms with Gasteiger partial charge in [0.25, 0.3) is 0 Å². The molecule has 1 aliphatic carbocycles. The number of hydrogen-bond acceptors (Lipinski definition) is 2. The van der Waals surface area contributed by atoms with Crippen LogP contribution in [0.4, 0.5) is 0 Å². The SMILES string of the molecule is CCNC1CC(C)(C)CCc2c(Br)cc(OCC)cc21. The summed E-state index contributed by atoms with van der Waals surface area (Å²) in [7, 11) is 0. The van der Waals surface area contributed by atoms with Crippen LogP contribution in [0.15, 0.2) is 16.6 Å². The molecule has 0 amide bonds. The Kier molecular flexibility index (Phi) is 5.14. The first-order valence-corrected chi connectivity index (χ1v) is 8.44. The van der Waals surface area contributed by atoms with Gasteiger partial charge in [0.15, 0.2) is 0 Å². The summed E-state index contributed by atoms with van der Waals surface area (Å²) in [5, 5.41) is 3.66. The van der Waals surface area contributed by atoms with E-state index in [1.807, 2.05) is 6.92 Å². The molecule has 1 unspecified atom stereocenters. The first-order chi connectivity index (χ1) is 9.46. The first-order valence-electron chi connectivity index (χ1n) is 7.65. The van der Waals surface area contributed by atoms with Crippen molar-refractivity contribution < 1.29 is 4.74 Å². The predicted molar refractivity (Wildman–Crippen MR) is 88.4 cm³/mol. The summed E-state index contributed by atoms with van der Waals surface area (Å²) in [5.41, 5.74) is 3.23. The van der Waals surface area contributed by atoms with Crippen molar-refractivity contribution in [3.63, 3.8) is 0 Å². The lowest BCUT2D eigenvalue weighted by Crippen LogP contribution is -2.25. The van der Waals surface area contributed by atoms with Crippen LogP contribution in [0.5, 0.6) is 5.75 Å². The smallest absolute Gasteiger partial charge is 0.120 e. The second-order valence-corrected chi connectivity index (χ2v) is 7.24. The summed E-state index contributed by atoms with van der Waals surface area (Å²) in [6.45, 7) is 10.7. The van der Waals surface area contributed by atoms with Crippen molar-refractivity contribution in [1.29, 1.82) is 0 Å². The summed E-state index contributed by atoms with van der Waals surface area (Å²) < 4.78 is 6.91. The maximum Gasteiger partial charge on any atom is 0.120 e. The van der Waals surface area contributed by atoms with Crippen LogP contribution in [0.3, 0.4) is 0 Å². The van der Waals surface area contributed by atoms with E-state index in [4.69, 9.17) is 4.74 Å². The fourth-order valence-corrected chi connectivity index (χ4v) is 3.77. The molecule has 0 bridgehead atoms. The molecule has 112 valence electrons. The molecule has 0 saturated carbocycles. The Hall–Kier alpha value is -0.540. The average Bonchev–Trinajstić information content (AvgIpc) is 2.48. The Morgan fingerprint density at radius 2 is 2.10 bits per heavy atom. The molecule has 0 radical (unpaired) electrons. The third kappa shape index (κ3) is 3.56. The highest BCUT2D eigenvalue weighted by molar-refractivity contribution is 9.10. The van der Waals surface area contributed by atoms with Crippen LogP contribution < -0.4 is 10.1 Å². The number of halogens is 1. The quantitative estimate of drug-likeness (QED) is 0.790. The van der Waals surface area contributed by atoms with E-state index in [9.17, 15) is 0 Å². The lowest BCUT2D eigenvalue weighted by atomic mass is 9.83. The number of ether oxygens (including phenoxy) is 1. The minimum atomic E-state index is 0.372. The van der Waals surface area contributed by atoms with Crippen LogP contribution in [0.1, 0.15) is 57.7 Å². The zero-order chi connectivity index (χ0) is 14.8. The number of hydrogen-bond donors (Lipinski definition) is 1. The Bertz CT molecular complexity index is 470. The van der Waals surface area contributed by atoms with Crippen LogP contribution in [0.2, 0.25) is 0 Å². The second kappa shape index (κ2) is 6.48. The van der Waals surface area contributed by atoms with Crippen molar-refractivity contribution in [3.8, 4) is 5.75 Å². The van der Waals surface area contributed by atoms with Crippen molar-refractivity contribution in [2.75, 3.05) is 13.2 Å². The average molecular weight is 340 g/mol. The van der Waals surface area contributed by atoms with Crippen molar-refractivity contribution in [2.24, 2.45) is 5.41 Å². The molecule has 2 rings (SSSR count). The van der Waals surface area contributed by atoms with Gasteiger partial charge >= 0.3 is 0 Å². The third-order valence-corrected chi connectivity index (χ3v) is 4.86. The fourth-order valence-electron chi connectivity index (χ4n) is 3.11. The molecule has 1 N–H and O–H groups in total. The first kappa shape index (κ1) is 15.8. The molecule has 1 aliphatic rings. The predicted octanol–water partition coefficient (Wildman–Crippen LogP) is 4.86. The standard InChI is InChI=1S/C17H26BrNO/c1-5-19-16-11-17(3,4)8-7-13-14(16)9-12(20-6-2)10-15(13)18/h9-10,16,19H,5-8,11H2,1-4H3. The van der Waals surface area contributed by atoms with Crippen molar-refractivity contribution in [3.05, 3.63) is 27.7 Å². The van der Waals surface area contributed by atoms with Crippen molar-refractivity contribution >= 4 is 15.9 Å². The van der Waals surface area contributed by atoms with E-state index >= 15 is 0 Å². The summed E-state index contributed by atoms with van der Waals surface area (Å²) in [6, 6.07) is 4.77. The highest BCUT2D eigenvalue weighted by Gasteiger charge is 2.30. The molecule has 0 aromatic heterocycles. The number of nitrogens with one attached hydrogen (secondary N) is 1. The number of fused-ring (bicyclic) bond motifs is 1. The van der Waals surface area contributed by atoms with Gasteiger partial charge in [0.2, 0.25) is 0 Å². The van der Waals surface area contributed by atoms with Crippen LogP contribution in [0, 0.1) is 5.41 Å². The number of rotatable bonds is 4. The van der Waals surface area contributed by atoms with Gasteiger partial charge in [-0.1, -0.05) is 36.7 Å². The van der Waals surface area contributed by atoms with E-state index in [0.29, 0.717) is 18.1 Å². The van der Waals surface area contributed by atoms with Gasteiger partial charge in [-0.3, -0.25) is 0 Å². The summed E-state index contributed by atoms with van der Waals surface area (Å²) in [5.74, 6) is 0.973. The van der Waals surface area contributed by atoms with E-state index in [0.717, 1.165) is 18.7 Å². The number of benzene rings is 1. The lowest BCUT2D eigenvalue weighted by molar-refractivity contribution is 0.274. The lowest BCUT2D eigenvalue weighted by Gasteiger charge is -2.27. The zero-order valence-electron chi connectivity index (χ0n) is 13.1. The third-order valence-electron chi connectivity index (χ3n) is 4.15. The van der Waals surface area contributed by atoms with E-state index in [1.165, 1.54) is 28.4 Å². The van der Waals surface area contributed by atoms with Gasteiger partial charge in [-0.25, -0.2) is 0 Å². The van der Waals surface area contributed by atoms with Gasteiger partial charge in [0.1, 0.15) is 5.75 Å². The topological polar surface area (TPSA) is 21.3 Å². The molecule has 0 aliphatic heterocycles. The van der Waals surface area contributed by atoms with Crippen LogP contribution in [-0.2, 0) is 6.42 Å². The van der Waals surface area contributed by atoms with Crippen LogP contribution >= 0.6 is 15.9 Å².